The number of nitrogen functional groups attached to an aromatic ring is 1. The third-order valence-electron chi connectivity index (χ3n) is 2.57. The highest BCUT2D eigenvalue weighted by Gasteiger charge is 2.15. The average molecular weight is 202 g/mol. The number of anilines is 1. The summed E-state index contributed by atoms with van der Waals surface area (Å²) in [6.45, 7) is 0. The summed E-state index contributed by atoms with van der Waals surface area (Å²) in [4.78, 5) is 0. The van der Waals surface area contributed by atoms with Gasteiger partial charge in [0, 0.05) is 6.20 Å². The van der Waals surface area contributed by atoms with Gasteiger partial charge in [0.2, 0.25) is 0 Å². The van der Waals surface area contributed by atoms with E-state index < -0.39 is 0 Å². The van der Waals surface area contributed by atoms with E-state index in [0.29, 0.717) is 6.04 Å². The van der Waals surface area contributed by atoms with Crippen molar-refractivity contribution < 1.29 is 0 Å². The summed E-state index contributed by atoms with van der Waals surface area (Å²) in [5, 5.41) is 4.23. The Kier molecular flexibility index (Phi) is 3.60. The second-order valence-corrected chi connectivity index (χ2v) is 3.55. The van der Waals surface area contributed by atoms with Gasteiger partial charge in [-0.2, -0.15) is 5.10 Å². The van der Waals surface area contributed by atoms with Crippen LogP contribution < -0.4 is 5.73 Å². The van der Waals surface area contributed by atoms with E-state index in [4.69, 9.17) is 5.73 Å². The first-order chi connectivity index (χ1) is 5.86. The number of hydrogen-bond acceptors (Lipinski definition) is 2. The fraction of sp³-hybridized carbons (Fsp3) is 0.667. The Balaban J connectivity index is 0.000000845. The molecule has 0 spiro atoms. The van der Waals surface area contributed by atoms with Crippen molar-refractivity contribution >= 4 is 18.1 Å². The highest BCUT2D eigenvalue weighted by molar-refractivity contribution is 5.85. The first-order valence-electron chi connectivity index (χ1n) is 4.66. The van der Waals surface area contributed by atoms with Crippen molar-refractivity contribution in [3.63, 3.8) is 0 Å². The highest BCUT2D eigenvalue weighted by Crippen LogP contribution is 2.27. The van der Waals surface area contributed by atoms with Crippen molar-refractivity contribution in [2.24, 2.45) is 0 Å². The Morgan fingerprint density at radius 1 is 1.31 bits per heavy atom. The SMILES string of the molecule is Cl.Nc1cnn(C2CCCCC2)c1. The van der Waals surface area contributed by atoms with Crippen LogP contribution in [0.2, 0.25) is 0 Å². The van der Waals surface area contributed by atoms with Crippen molar-refractivity contribution in [3.8, 4) is 0 Å². The Morgan fingerprint density at radius 2 is 2.00 bits per heavy atom. The van der Waals surface area contributed by atoms with E-state index in [0.717, 1.165) is 5.69 Å². The van der Waals surface area contributed by atoms with E-state index in [1.807, 2.05) is 10.9 Å². The van der Waals surface area contributed by atoms with Crippen molar-refractivity contribution in [1.29, 1.82) is 0 Å². The van der Waals surface area contributed by atoms with Crippen LogP contribution in [-0.2, 0) is 0 Å². The van der Waals surface area contributed by atoms with Gasteiger partial charge in [-0.05, 0) is 12.8 Å². The van der Waals surface area contributed by atoms with Crippen LogP contribution in [0.15, 0.2) is 12.4 Å². The molecule has 0 aromatic carbocycles. The van der Waals surface area contributed by atoms with Crippen LogP contribution in [0.3, 0.4) is 0 Å². The molecule has 74 valence electrons. The maximum absolute atomic E-state index is 5.60. The smallest absolute Gasteiger partial charge is 0.0719 e. The molecule has 3 nitrogen and oxygen atoms in total. The van der Waals surface area contributed by atoms with E-state index in [2.05, 4.69) is 5.10 Å². The number of aromatic nitrogens is 2. The molecule has 2 rings (SSSR count). The fourth-order valence-corrected chi connectivity index (χ4v) is 1.90. The lowest BCUT2D eigenvalue weighted by Gasteiger charge is -2.21. The molecule has 0 saturated heterocycles. The maximum Gasteiger partial charge on any atom is 0.0719 e. The lowest BCUT2D eigenvalue weighted by atomic mass is 9.96. The summed E-state index contributed by atoms with van der Waals surface area (Å²) in [5.74, 6) is 0. The summed E-state index contributed by atoms with van der Waals surface area (Å²) in [5.41, 5.74) is 6.38. The number of halogens is 1. The van der Waals surface area contributed by atoms with Crippen molar-refractivity contribution in [2.45, 2.75) is 38.1 Å². The zero-order chi connectivity index (χ0) is 8.39. The van der Waals surface area contributed by atoms with E-state index >= 15 is 0 Å². The molecular weight excluding hydrogens is 186 g/mol. The molecule has 0 amide bonds. The zero-order valence-corrected chi connectivity index (χ0v) is 8.46. The number of rotatable bonds is 1. The van der Waals surface area contributed by atoms with Crippen LogP contribution in [0.25, 0.3) is 0 Å². The molecule has 0 bridgehead atoms. The predicted octanol–water partition coefficient (Wildman–Crippen LogP) is 2.39. The molecule has 1 heterocycles. The summed E-state index contributed by atoms with van der Waals surface area (Å²) >= 11 is 0. The largest absolute Gasteiger partial charge is 0.396 e. The van der Waals surface area contributed by atoms with Crippen LogP contribution in [0, 0.1) is 0 Å². The molecule has 13 heavy (non-hydrogen) atoms. The first-order valence-corrected chi connectivity index (χ1v) is 4.66. The second kappa shape index (κ2) is 4.51. The molecule has 1 fully saturated rings. The van der Waals surface area contributed by atoms with E-state index in [-0.39, 0.29) is 12.4 Å². The normalized spacial score (nSPS) is 18.2. The minimum Gasteiger partial charge on any atom is -0.396 e. The molecule has 1 aromatic rings. The average Bonchev–Trinajstić information content (AvgIpc) is 2.54. The monoisotopic (exact) mass is 201 g/mol. The summed E-state index contributed by atoms with van der Waals surface area (Å²) < 4.78 is 2.02. The van der Waals surface area contributed by atoms with E-state index in [1.54, 1.807) is 6.20 Å². The molecule has 1 saturated carbocycles. The molecule has 2 N–H and O–H groups in total. The summed E-state index contributed by atoms with van der Waals surface area (Å²) in [7, 11) is 0. The lowest BCUT2D eigenvalue weighted by molar-refractivity contribution is 0.329. The number of hydrogen-bond donors (Lipinski definition) is 1. The van der Waals surface area contributed by atoms with Crippen molar-refractivity contribution in [1.82, 2.24) is 9.78 Å². The minimum absolute atomic E-state index is 0. The third kappa shape index (κ3) is 2.37. The van der Waals surface area contributed by atoms with E-state index in [1.165, 1.54) is 32.1 Å². The predicted molar refractivity (Wildman–Crippen MR) is 56.0 cm³/mol. The molecule has 0 atom stereocenters. The van der Waals surface area contributed by atoms with Crippen LogP contribution in [0.5, 0.6) is 0 Å². The quantitative estimate of drug-likeness (QED) is 0.759. The van der Waals surface area contributed by atoms with Gasteiger partial charge in [0.1, 0.15) is 0 Å². The van der Waals surface area contributed by atoms with Crippen molar-refractivity contribution in [3.05, 3.63) is 12.4 Å². The highest BCUT2D eigenvalue weighted by atomic mass is 35.5. The molecule has 4 heteroatoms. The van der Waals surface area contributed by atoms with Gasteiger partial charge in [0.15, 0.2) is 0 Å². The van der Waals surface area contributed by atoms with Crippen LogP contribution in [0.1, 0.15) is 38.1 Å². The molecule has 1 aliphatic rings. The van der Waals surface area contributed by atoms with Crippen LogP contribution >= 0.6 is 12.4 Å². The Bertz CT molecular complexity index is 253. The van der Waals surface area contributed by atoms with Gasteiger partial charge in [0.05, 0.1) is 17.9 Å². The number of nitrogens with zero attached hydrogens (tertiary/aromatic N) is 2. The standard InChI is InChI=1S/C9H15N3.ClH/c10-8-6-11-12(7-8)9-4-2-1-3-5-9;/h6-7,9H,1-5,10H2;1H. The lowest BCUT2D eigenvalue weighted by Crippen LogP contribution is -2.12. The molecule has 0 radical (unpaired) electrons. The van der Waals surface area contributed by atoms with Gasteiger partial charge in [-0.25, -0.2) is 0 Å². The molecule has 0 unspecified atom stereocenters. The molecule has 0 aliphatic heterocycles. The zero-order valence-electron chi connectivity index (χ0n) is 7.65. The molecule has 1 aliphatic carbocycles. The van der Waals surface area contributed by atoms with Crippen LogP contribution in [0.4, 0.5) is 5.69 Å². The summed E-state index contributed by atoms with van der Waals surface area (Å²) in [6, 6.07) is 0.607. The van der Waals surface area contributed by atoms with Gasteiger partial charge in [-0.3, -0.25) is 4.68 Å². The number of nitrogens with two attached hydrogens (primary N) is 1. The fourth-order valence-electron chi connectivity index (χ4n) is 1.90. The van der Waals surface area contributed by atoms with Gasteiger partial charge in [-0.15, -0.1) is 12.4 Å². The Hall–Kier alpha value is -0.700. The maximum atomic E-state index is 5.60. The van der Waals surface area contributed by atoms with Crippen LogP contribution in [-0.4, -0.2) is 9.78 Å². The first kappa shape index (κ1) is 10.4. The second-order valence-electron chi connectivity index (χ2n) is 3.55. The van der Waals surface area contributed by atoms with Crippen molar-refractivity contribution in [2.75, 3.05) is 5.73 Å². The minimum atomic E-state index is 0. The van der Waals surface area contributed by atoms with Gasteiger partial charge >= 0.3 is 0 Å². The van der Waals surface area contributed by atoms with Gasteiger partial charge < -0.3 is 5.73 Å². The van der Waals surface area contributed by atoms with Gasteiger partial charge in [-0.1, -0.05) is 19.3 Å². The van der Waals surface area contributed by atoms with E-state index in [9.17, 15) is 0 Å². The molecule has 1 aromatic heterocycles. The topological polar surface area (TPSA) is 43.8 Å². The third-order valence-corrected chi connectivity index (χ3v) is 2.57. The Morgan fingerprint density at radius 3 is 2.54 bits per heavy atom. The van der Waals surface area contributed by atoms with Gasteiger partial charge in [0.25, 0.3) is 0 Å². The Labute approximate surface area is 84.7 Å². The summed E-state index contributed by atoms with van der Waals surface area (Å²) in [6.07, 6.45) is 10.3. The molecular formula is C9H16ClN3.